The highest BCUT2D eigenvalue weighted by Crippen LogP contribution is 2.36. The van der Waals surface area contributed by atoms with Crippen LogP contribution < -0.4 is 10.6 Å². The Balaban J connectivity index is 1.52. The third-order valence-electron chi connectivity index (χ3n) is 4.80. The van der Waals surface area contributed by atoms with Crippen LogP contribution in [0, 0.1) is 11.6 Å². The van der Waals surface area contributed by atoms with Crippen LogP contribution in [-0.4, -0.2) is 18.2 Å². The number of nitrogens with one attached hydrogen (secondary N) is 2. The molecule has 2 aromatic carbocycles. The first-order valence-corrected chi connectivity index (χ1v) is 9.35. The summed E-state index contributed by atoms with van der Waals surface area (Å²) in [6.45, 7) is 0. The van der Waals surface area contributed by atoms with Crippen molar-refractivity contribution < 1.29 is 28.3 Å². The van der Waals surface area contributed by atoms with Gasteiger partial charge >= 0.3 is 0 Å². The van der Waals surface area contributed by atoms with Crippen LogP contribution in [0.4, 0.5) is 20.2 Å². The summed E-state index contributed by atoms with van der Waals surface area (Å²) in [5.41, 5.74) is 1.23. The molecular weight excluding hydrogens is 370 g/mol. The van der Waals surface area contributed by atoms with E-state index in [0.29, 0.717) is 24.2 Å². The zero-order valence-corrected chi connectivity index (χ0v) is 15.2. The molecule has 2 aromatic rings. The molecule has 0 amide bonds. The molecule has 6 nitrogen and oxygen atoms in total. The van der Waals surface area contributed by atoms with Crippen LogP contribution in [0.3, 0.4) is 0 Å². The van der Waals surface area contributed by atoms with E-state index in [9.17, 15) is 8.78 Å². The average molecular weight is 392 g/mol. The fourth-order valence-corrected chi connectivity index (χ4v) is 3.27. The third-order valence-corrected chi connectivity index (χ3v) is 4.80. The molecular formula is C20H22F2N2O4. The van der Waals surface area contributed by atoms with Gasteiger partial charge in [-0.15, -0.1) is 0 Å². The summed E-state index contributed by atoms with van der Waals surface area (Å²) in [4.78, 5) is 22.6. The van der Waals surface area contributed by atoms with Crippen molar-refractivity contribution in [2.75, 3.05) is 10.6 Å². The van der Waals surface area contributed by atoms with Crippen molar-refractivity contribution in [1.29, 1.82) is 0 Å². The Morgan fingerprint density at radius 2 is 1.11 bits per heavy atom. The molecule has 28 heavy (non-hydrogen) atoms. The quantitative estimate of drug-likeness (QED) is 0.735. The molecule has 1 saturated heterocycles. The minimum absolute atomic E-state index is 0.342. The molecule has 1 aliphatic heterocycles. The standard InChI is InChI=1S/C20H22F2N2O4/c21-14-4-8-16(9-5-14)23-18-19(24-17-10-6-15(22)7-11-17)26-28-20(27-25-18)12-2-1-3-13-20/h4-11,18-19,23-24H,1-3,12-13H2/t18-,19-/m1/s1. The summed E-state index contributed by atoms with van der Waals surface area (Å²) in [5.74, 6) is -1.64. The van der Waals surface area contributed by atoms with Crippen molar-refractivity contribution in [2.24, 2.45) is 0 Å². The zero-order chi connectivity index (χ0) is 19.4. The molecule has 2 aliphatic rings. The largest absolute Gasteiger partial charge is 0.354 e. The van der Waals surface area contributed by atoms with E-state index < -0.39 is 18.2 Å². The van der Waals surface area contributed by atoms with Gasteiger partial charge in [-0.05, 0) is 61.4 Å². The Morgan fingerprint density at radius 1 is 0.679 bits per heavy atom. The second kappa shape index (κ2) is 8.40. The number of rotatable bonds is 4. The topological polar surface area (TPSA) is 61.0 Å². The number of hydrogen-bond donors (Lipinski definition) is 2. The molecule has 8 heteroatoms. The van der Waals surface area contributed by atoms with Gasteiger partial charge in [-0.3, -0.25) is 0 Å². The summed E-state index contributed by atoms with van der Waals surface area (Å²) in [6.07, 6.45) is 2.67. The Kier molecular flexibility index (Phi) is 5.72. The average Bonchev–Trinajstić information content (AvgIpc) is 2.87. The van der Waals surface area contributed by atoms with E-state index in [1.54, 1.807) is 24.3 Å². The maximum Gasteiger partial charge on any atom is 0.234 e. The van der Waals surface area contributed by atoms with Crippen LogP contribution in [0.1, 0.15) is 32.1 Å². The van der Waals surface area contributed by atoms with Gasteiger partial charge in [0.1, 0.15) is 11.6 Å². The fraction of sp³-hybridized carbons (Fsp3) is 0.400. The second-order valence-corrected chi connectivity index (χ2v) is 6.97. The summed E-state index contributed by atoms with van der Waals surface area (Å²) < 4.78 is 26.4. The summed E-state index contributed by atoms with van der Waals surface area (Å²) in [6, 6.07) is 11.7. The molecule has 2 N–H and O–H groups in total. The first kappa shape index (κ1) is 19.1. The molecule has 0 bridgehead atoms. The number of benzene rings is 2. The van der Waals surface area contributed by atoms with Crippen LogP contribution in [0.15, 0.2) is 48.5 Å². The van der Waals surface area contributed by atoms with E-state index in [0.717, 1.165) is 19.3 Å². The summed E-state index contributed by atoms with van der Waals surface area (Å²) in [5, 5.41) is 6.19. The van der Waals surface area contributed by atoms with Gasteiger partial charge in [0.25, 0.3) is 0 Å². The highest BCUT2D eigenvalue weighted by Gasteiger charge is 2.43. The lowest BCUT2D eigenvalue weighted by Crippen LogP contribution is -2.41. The summed E-state index contributed by atoms with van der Waals surface area (Å²) in [7, 11) is 0. The predicted octanol–water partition coefficient (Wildman–Crippen LogP) is 4.71. The van der Waals surface area contributed by atoms with E-state index in [1.807, 2.05) is 0 Å². The lowest BCUT2D eigenvalue weighted by Gasteiger charge is -2.31. The van der Waals surface area contributed by atoms with Crippen LogP contribution >= 0.6 is 0 Å². The maximum atomic E-state index is 13.2. The van der Waals surface area contributed by atoms with E-state index in [-0.39, 0.29) is 11.6 Å². The first-order valence-electron chi connectivity index (χ1n) is 9.35. The lowest BCUT2D eigenvalue weighted by atomic mass is 9.94. The van der Waals surface area contributed by atoms with Crippen molar-refractivity contribution in [1.82, 2.24) is 0 Å². The minimum atomic E-state index is -0.958. The molecule has 0 aromatic heterocycles. The van der Waals surface area contributed by atoms with Crippen molar-refractivity contribution in [3.05, 3.63) is 60.2 Å². The maximum absolute atomic E-state index is 13.2. The van der Waals surface area contributed by atoms with Gasteiger partial charge in [0.2, 0.25) is 18.2 Å². The molecule has 1 aliphatic carbocycles. The van der Waals surface area contributed by atoms with Gasteiger partial charge in [0.05, 0.1) is 0 Å². The molecule has 2 atom stereocenters. The van der Waals surface area contributed by atoms with Gasteiger partial charge in [-0.2, -0.15) is 9.78 Å². The highest BCUT2D eigenvalue weighted by molar-refractivity contribution is 5.46. The lowest BCUT2D eigenvalue weighted by molar-refractivity contribution is -0.490. The molecule has 1 heterocycles. The van der Waals surface area contributed by atoms with E-state index in [1.165, 1.54) is 24.3 Å². The van der Waals surface area contributed by atoms with Crippen molar-refractivity contribution in [3.63, 3.8) is 0 Å². The Labute approximate surface area is 161 Å². The van der Waals surface area contributed by atoms with Gasteiger partial charge in [0, 0.05) is 24.2 Å². The third kappa shape index (κ3) is 4.59. The van der Waals surface area contributed by atoms with Crippen LogP contribution in [0.5, 0.6) is 0 Å². The van der Waals surface area contributed by atoms with Crippen LogP contribution in [0.25, 0.3) is 0 Å². The summed E-state index contributed by atoms with van der Waals surface area (Å²) >= 11 is 0. The normalized spacial score (nSPS) is 24.5. The van der Waals surface area contributed by atoms with Crippen molar-refractivity contribution in [3.8, 4) is 0 Å². The van der Waals surface area contributed by atoms with E-state index in [2.05, 4.69) is 10.6 Å². The predicted molar refractivity (Wildman–Crippen MR) is 97.8 cm³/mol. The molecule has 0 unspecified atom stereocenters. The molecule has 1 saturated carbocycles. The van der Waals surface area contributed by atoms with E-state index >= 15 is 0 Å². The van der Waals surface area contributed by atoms with Gasteiger partial charge < -0.3 is 10.6 Å². The van der Waals surface area contributed by atoms with Crippen molar-refractivity contribution >= 4 is 11.4 Å². The fourth-order valence-electron chi connectivity index (χ4n) is 3.27. The molecule has 150 valence electrons. The Morgan fingerprint density at radius 3 is 1.54 bits per heavy atom. The highest BCUT2D eigenvalue weighted by atomic mass is 19.1. The monoisotopic (exact) mass is 392 g/mol. The molecule has 1 spiro atoms. The van der Waals surface area contributed by atoms with Gasteiger partial charge in [-0.25, -0.2) is 18.6 Å². The molecule has 2 fully saturated rings. The number of anilines is 2. The Hall–Kier alpha value is -2.26. The van der Waals surface area contributed by atoms with Gasteiger partial charge in [0.15, 0.2) is 0 Å². The number of hydrogen-bond acceptors (Lipinski definition) is 6. The zero-order valence-electron chi connectivity index (χ0n) is 15.2. The minimum Gasteiger partial charge on any atom is -0.354 e. The second-order valence-electron chi connectivity index (χ2n) is 6.97. The van der Waals surface area contributed by atoms with E-state index in [4.69, 9.17) is 19.6 Å². The van der Waals surface area contributed by atoms with Gasteiger partial charge in [-0.1, -0.05) is 6.42 Å². The SMILES string of the molecule is Fc1ccc(N[C@@H]2OOC3(CCCCC3)OO[C@H]2Nc2ccc(F)cc2)cc1. The molecule has 0 radical (unpaired) electrons. The van der Waals surface area contributed by atoms with Crippen LogP contribution in [-0.2, 0) is 19.6 Å². The smallest absolute Gasteiger partial charge is 0.234 e. The Bertz CT molecular complexity index is 707. The van der Waals surface area contributed by atoms with Crippen LogP contribution in [0.2, 0.25) is 0 Å². The van der Waals surface area contributed by atoms with Crippen molar-refractivity contribution in [2.45, 2.75) is 50.3 Å². The number of halogens is 2. The first-order chi connectivity index (χ1) is 13.6. The molecule has 4 rings (SSSR count).